The molecule has 416 valence electrons. The zero-order chi connectivity index (χ0) is 50.9. The van der Waals surface area contributed by atoms with E-state index in [2.05, 4.69) is 27.7 Å². The summed E-state index contributed by atoms with van der Waals surface area (Å²) in [6, 6.07) is 0. The van der Waals surface area contributed by atoms with Crippen molar-refractivity contribution in [2.45, 2.75) is 374 Å². The third kappa shape index (κ3) is 57.3. The van der Waals surface area contributed by atoms with Gasteiger partial charge in [0.25, 0.3) is 0 Å². The molecule has 0 bridgehead atoms. The lowest BCUT2D eigenvalue weighted by Crippen LogP contribution is -2.30. The van der Waals surface area contributed by atoms with Gasteiger partial charge in [-0.3, -0.25) is 14.4 Å². The summed E-state index contributed by atoms with van der Waals surface area (Å²) >= 11 is 0. The Hall–Kier alpha value is -1.59. The minimum Gasteiger partial charge on any atom is -0.462 e. The van der Waals surface area contributed by atoms with Gasteiger partial charge in [0.2, 0.25) is 0 Å². The van der Waals surface area contributed by atoms with Crippen LogP contribution in [0.4, 0.5) is 0 Å². The highest BCUT2D eigenvalue weighted by atomic mass is 16.6. The Morgan fingerprint density at radius 3 is 0.700 bits per heavy atom. The van der Waals surface area contributed by atoms with Crippen molar-refractivity contribution in [3.8, 4) is 0 Å². The van der Waals surface area contributed by atoms with Gasteiger partial charge >= 0.3 is 17.9 Å². The molecule has 70 heavy (non-hydrogen) atoms. The molecular weight excluding hydrogens is 865 g/mol. The van der Waals surface area contributed by atoms with E-state index in [1.807, 2.05) is 0 Å². The number of carbonyl (C=O) groups excluding carboxylic acids is 3. The van der Waals surface area contributed by atoms with E-state index in [0.29, 0.717) is 19.3 Å². The van der Waals surface area contributed by atoms with Crippen molar-refractivity contribution in [2.24, 2.45) is 5.92 Å². The molecule has 0 aliphatic carbocycles. The van der Waals surface area contributed by atoms with Gasteiger partial charge in [-0.15, -0.1) is 0 Å². The molecule has 0 aliphatic heterocycles. The Labute approximate surface area is 438 Å². The summed E-state index contributed by atoms with van der Waals surface area (Å²) in [6.45, 7) is 9.08. The van der Waals surface area contributed by atoms with E-state index >= 15 is 0 Å². The normalized spacial score (nSPS) is 12.0. The largest absolute Gasteiger partial charge is 0.462 e. The van der Waals surface area contributed by atoms with Crippen LogP contribution in [-0.4, -0.2) is 37.2 Å². The third-order valence-corrected chi connectivity index (χ3v) is 14.8. The van der Waals surface area contributed by atoms with Gasteiger partial charge in [0.05, 0.1) is 0 Å². The van der Waals surface area contributed by atoms with Gasteiger partial charge in [0.15, 0.2) is 6.10 Å². The molecule has 6 nitrogen and oxygen atoms in total. The Bertz CT molecular complexity index is 1060. The highest BCUT2D eigenvalue weighted by Gasteiger charge is 2.19. The average molecular weight is 990 g/mol. The average Bonchev–Trinajstić information content (AvgIpc) is 3.35. The smallest absolute Gasteiger partial charge is 0.306 e. The Balaban J connectivity index is 4.28. The molecule has 0 aromatic heterocycles. The number of hydrogen-bond acceptors (Lipinski definition) is 6. The van der Waals surface area contributed by atoms with Gasteiger partial charge < -0.3 is 14.2 Å². The zero-order valence-electron chi connectivity index (χ0n) is 48.0. The van der Waals surface area contributed by atoms with E-state index in [1.54, 1.807) is 0 Å². The van der Waals surface area contributed by atoms with Crippen LogP contribution in [0.5, 0.6) is 0 Å². The molecule has 0 heterocycles. The zero-order valence-corrected chi connectivity index (χ0v) is 48.0. The van der Waals surface area contributed by atoms with Crippen LogP contribution in [0.25, 0.3) is 0 Å². The molecule has 0 radical (unpaired) electrons. The molecule has 0 unspecified atom stereocenters. The lowest BCUT2D eigenvalue weighted by Gasteiger charge is -2.18. The lowest BCUT2D eigenvalue weighted by molar-refractivity contribution is -0.167. The fourth-order valence-corrected chi connectivity index (χ4v) is 9.99. The molecule has 0 aromatic carbocycles. The molecular formula is C64H124O6. The van der Waals surface area contributed by atoms with Crippen LogP contribution >= 0.6 is 0 Å². The molecule has 0 saturated carbocycles. The minimum absolute atomic E-state index is 0.0613. The Morgan fingerprint density at radius 1 is 0.271 bits per heavy atom. The van der Waals surface area contributed by atoms with Crippen molar-refractivity contribution in [2.75, 3.05) is 13.2 Å². The van der Waals surface area contributed by atoms with Crippen LogP contribution < -0.4 is 0 Å². The second-order valence-corrected chi connectivity index (χ2v) is 22.5. The van der Waals surface area contributed by atoms with E-state index in [0.717, 1.165) is 63.7 Å². The molecule has 0 aromatic rings. The van der Waals surface area contributed by atoms with Crippen LogP contribution in [0.15, 0.2) is 0 Å². The molecule has 0 rings (SSSR count). The first-order valence-electron chi connectivity index (χ1n) is 31.9. The minimum atomic E-state index is -0.763. The van der Waals surface area contributed by atoms with Crippen molar-refractivity contribution in [1.82, 2.24) is 0 Å². The quantitative estimate of drug-likeness (QED) is 0.0343. The molecule has 0 fully saturated rings. The van der Waals surface area contributed by atoms with Gasteiger partial charge in [-0.1, -0.05) is 329 Å². The highest BCUT2D eigenvalue weighted by Crippen LogP contribution is 2.19. The summed E-state index contributed by atoms with van der Waals surface area (Å²) in [6.07, 6.45) is 65.3. The number of unbranched alkanes of at least 4 members (excludes halogenated alkanes) is 46. The Kier molecular flexibility index (Phi) is 57.0. The number of rotatable bonds is 59. The van der Waals surface area contributed by atoms with Crippen LogP contribution in [0.3, 0.4) is 0 Å². The summed E-state index contributed by atoms with van der Waals surface area (Å²) < 4.78 is 17.0. The van der Waals surface area contributed by atoms with Crippen molar-refractivity contribution in [3.05, 3.63) is 0 Å². The summed E-state index contributed by atoms with van der Waals surface area (Å²) in [4.78, 5) is 38.3. The van der Waals surface area contributed by atoms with E-state index < -0.39 is 6.10 Å². The second kappa shape index (κ2) is 58.3. The predicted octanol–water partition coefficient (Wildman–Crippen LogP) is 21.4. The molecule has 0 aliphatic rings. The summed E-state index contributed by atoms with van der Waals surface area (Å²) in [5.41, 5.74) is 0. The fourth-order valence-electron chi connectivity index (χ4n) is 9.99. The molecule has 0 N–H and O–H groups in total. The van der Waals surface area contributed by atoms with Gasteiger partial charge in [0.1, 0.15) is 13.2 Å². The van der Waals surface area contributed by atoms with Crippen molar-refractivity contribution >= 4 is 17.9 Å². The first-order chi connectivity index (χ1) is 34.4. The molecule has 0 saturated heterocycles. The molecule has 0 spiro atoms. The molecule has 6 heteroatoms. The predicted molar refractivity (Wildman–Crippen MR) is 303 cm³/mol. The first kappa shape index (κ1) is 68.4. The van der Waals surface area contributed by atoms with Crippen molar-refractivity contribution in [3.63, 3.8) is 0 Å². The van der Waals surface area contributed by atoms with Gasteiger partial charge in [-0.05, 0) is 25.2 Å². The monoisotopic (exact) mass is 989 g/mol. The van der Waals surface area contributed by atoms with Gasteiger partial charge in [-0.2, -0.15) is 0 Å². The van der Waals surface area contributed by atoms with E-state index in [-0.39, 0.29) is 31.1 Å². The topological polar surface area (TPSA) is 78.9 Å². The van der Waals surface area contributed by atoms with E-state index in [9.17, 15) is 14.4 Å². The first-order valence-corrected chi connectivity index (χ1v) is 31.9. The lowest BCUT2D eigenvalue weighted by atomic mass is 10.0. The number of carbonyl (C=O) groups is 3. The van der Waals surface area contributed by atoms with E-state index in [1.165, 1.54) is 263 Å². The fraction of sp³-hybridized carbons (Fsp3) is 0.953. The molecule has 0 amide bonds. The highest BCUT2D eigenvalue weighted by molar-refractivity contribution is 5.71. The summed E-state index contributed by atoms with van der Waals surface area (Å²) in [5.74, 6) is 0.00532. The standard InChI is InChI=1S/C64H124O6/c1-5-7-9-11-13-15-17-19-21-23-25-27-29-31-37-41-45-49-53-57-64(67)70-61(59-69-63(66)56-52-48-44-40-36-33-32-34-38-42-46-50-54-60(3)4)58-68-62(65)55-51-47-43-39-35-30-28-26-24-22-20-18-16-14-12-10-8-6-2/h60-61H,5-59H2,1-4H3/t61-/m0/s1. The molecule has 1 atom stereocenters. The maximum Gasteiger partial charge on any atom is 0.306 e. The van der Waals surface area contributed by atoms with E-state index in [4.69, 9.17) is 14.2 Å². The number of esters is 3. The van der Waals surface area contributed by atoms with Crippen LogP contribution in [0, 0.1) is 5.92 Å². The van der Waals surface area contributed by atoms with Crippen LogP contribution in [0.2, 0.25) is 0 Å². The van der Waals surface area contributed by atoms with Crippen molar-refractivity contribution < 1.29 is 28.6 Å². The second-order valence-electron chi connectivity index (χ2n) is 22.5. The third-order valence-electron chi connectivity index (χ3n) is 14.8. The summed E-state index contributed by atoms with van der Waals surface area (Å²) in [7, 11) is 0. The SMILES string of the molecule is CCCCCCCCCCCCCCCCCCCCCC(=O)O[C@@H](COC(=O)CCCCCCCCCCCCCCCCCCCC)COC(=O)CCCCCCCCCCCCCCC(C)C. The van der Waals surface area contributed by atoms with Gasteiger partial charge in [0, 0.05) is 19.3 Å². The maximum absolute atomic E-state index is 12.9. The van der Waals surface area contributed by atoms with Crippen LogP contribution in [-0.2, 0) is 28.6 Å². The number of hydrogen-bond donors (Lipinski definition) is 0. The van der Waals surface area contributed by atoms with Gasteiger partial charge in [-0.25, -0.2) is 0 Å². The van der Waals surface area contributed by atoms with Crippen LogP contribution in [0.1, 0.15) is 368 Å². The van der Waals surface area contributed by atoms with Crippen molar-refractivity contribution in [1.29, 1.82) is 0 Å². The summed E-state index contributed by atoms with van der Waals surface area (Å²) in [5, 5.41) is 0. The Morgan fingerprint density at radius 2 is 0.471 bits per heavy atom. The maximum atomic E-state index is 12.9. The number of ether oxygens (including phenoxy) is 3.